The molecule has 3 rings (SSSR count). The third-order valence-corrected chi connectivity index (χ3v) is 4.41. The van der Waals surface area contributed by atoms with E-state index in [1.54, 1.807) is 0 Å². The van der Waals surface area contributed by atoms with Gasteiger partial charge in [0.25, 0.3) is 0 Å². The molecule has 1 fully saturated rings. The zero-order valence-corrected chi connectivity index (χ0v) is 12.6. The molecule has 0 aliphatic heterocycles. The van der Waals surface area contributed by atoms with E-state index in [9.17, 15) is 0 Å². The summed E-state index contributed by atoms with van der Waals surface area (Å²) < 4.78 is 2.33. The zero-order chi connectivity index (χ0) is 13.9. The number of nitrogens with zero attached hydrogens (tertiary/aromatic N) is 2. The molecule has 1 aromatic carbocycles. The Morgan fingerprint density at radius 2 is 2.10 bits per heavy atom. The number of para-hydroxylation sites is 2. The van der Waals surface area contributed by atoms with Gasteiger partial charge in [-0.25, -0.2) is 4.98 Å². The normalized spacial score (nSPS) is 16.7. The molecule has 0 saturated heterocycles. The van der Waals surface area contributed by atoms with Gasteiger partial charge in [-0.3, -0.25) is 0 Å². The fraction of sp³-hybridized carbons (Fsp3) is 0.588. The lowest BCUT2D eigenvalue weighted by molar-refractivity contribution is 0.435. The first-order valence-electron chi connectivity index (χ1n) is 7.99. The Balaban J connectivity index is 1.72. The third-order valence-electron chi connectivity index (χ3n) is 4.41. The largest absolute Gasteiger partial charge is 0.327 e. The van der Waals surface area contributed by atoms with Crippen LogP contribution < -0.4 is 5.32 Å². The van der Waals surface area contributed by atoms with E-state index in [1.165, 1.54) is 37.0 Å². The predicted octanol–water partition coefficient (Wildman–Crippen LogP) is 3.72. The van der Waals surface area contributed by atoms with Crippen molar-refractivity contribution >= 4 is 11.0 Å². The van der Waals surface area contributed by atoms with Crippen LogP contribution in [0.15, 0.2) is 24.3 Å². The van der Waals surface area contributed by atoms with Gasteiger partial charge < -0.3 is 9.88 Å². The maximum absolute atomic E-state index is 4.79. The Labute approximate surface area is 121 Å². The van der Waals surface area contributed by atoms with Crippen LogP contribution in [0.25, 0.3) is 11.0 Å². The van der Waals surface area contributed by atoms with Crippen LogP contribution in [-0.4, -0.2) is 15.6 Å². The first kappa shape index (κ1) is 13.6. The number of rotatable bonds is 7. The van der Waals surface area contributed by atoms with Gasteiger partial charge in [0.2, 0.25) is 0 Å². The fourth-order valence-corrected chi connectivity index (χ4v) is 3.00. The van der Waals surface area contributed by atoms with Crippen molar-refractivity contribution in [1.29, 1.82) is 0 Å². The molecule has 1 aliphatic rings. The quantitative estimate of drug-likeness (QED) is 0.831. The van der Waals surface area contributed by atoms with Crippen LogP contribution in [0.1, 0.15) is 45.4 Å². The van der Waals surface area contributed by atoms with Crippen LogP contribution in [0.3, 0.4) is 0 Å². The van der Waals surface area contributed by atoms with Gasteiger partial charge in [0.1, 0.15) is 5.82 Å². The van der Waals surface area contributed by atoms with Gasteiger partial charge in [0.15, 0.2) is 0 Å². The van der Waals surface area contributed by atoms with Gasteiger partial charge in [-0.05, 0) is 37.8 Å². The van der Waals surface area contributed by atoms with Crippen molar-refractivity contribution in [3.63, 3.8) is 0 Å². The monoisotopic (exact) mass is 271 g/mol. The molecular formula is C17H25N3. The highest BCUT2D eigenvalue weighted by Gasteiger charge is 2.24. The van der Waals surface area contributed by atoms with Gasteiger partial charge in [-0.1, -0.05) is 31.9 Å². The predicted molar refractivity (Wildman–Crippen MR) is 83.7 cm³/mol. The molecule has 0 radical (unpaired) electrons. The van der Waals surface area contributed by atoms with Crippen LogP contribution in [0.2, 0.25) is 0 Å². The topological polar surface area (TPSA) is 29.9 Å². The molecule has 1 aliphatic carbocycles. The highest BCUT2D eigenvalue weighted by molar-refractivity contribution is 5.75. The Morgan fingerprint density at radius 3 is 2.80 bits per heavy atom. The van der Waals surface area contributed by atoms with E-state index in [1.807, 2.05) is 0 Å². The Hall–Kier alpha value is -1.35. The summed E-state index contributed by atoms with van der Waals surface area (Å²) in [6.07, 6.45) is 5.42. The second-order valence-electron chi connectivity index (χ2n) is 5.93. The summed E-state index contributed by atoms with van der Waals surface area (Å²) in [5, 5.41) is 3.71. The van der Waals surface area contributed by atoms with E-state index in [0.717, 1.165) is 24.5 Å². The Bertz CT molecular complexity index is 569. The number of benzene rings is 1. The molecular weight excluding hydrogens is 246 g/mol. The van der Waals surface area contributed by atoms with E-state index in [0.29, 0.717) is 6.04 Å². The number of hydrogen-bond acceptors (Lipinski definition) is 2. The zero-order valence-electron chi connectivity index (χ0n) is 12.6. The van der Waals surface area contributed by atoms with Crippen LogP contribution in [-0.2, 0) is 13.1 Å². The Morgan fingerprint density at radius 1 is 1.30 bits per heavy atom. The first-order valence-corrected chi connectivity index (χ1v) is 7.99. The van der Waals surface area contributed by atoms with Crippen molar-refractivity contribution in [3.8, 4) is 0 Å². The molecule has 108 valence electrons. The van der Waals surface area contributed by atoms with E-state index in [-0.39, 0.29) is 0 Å². The number of fused-ring (bicyclic) bond motifs is 1. The molecule has 0 bridgehead atoms. The summed E-state index contributed by atoms with van der Waals surface area (Å²) in [7, 11) is 0. The van der Waals surface area contributed by atoms with Crippen molar-refractivity contribution in [2.75, 3.05) is 0 Å². The van der Waals surface area contributed by atoms with Gasteiger partial charge >= 0.3 is 0 Å². The lowest BCUT2D eigenvalue weighted by Gasteiger charge is -2.16. The average molecular weight is 271 g/mol. The third kappa shape index (κ3) is 2.88. The fourth-order valence-electron chi connectivity index (χ4n) is 3.00. The minimum Gasteiger partial charge on any atom is -0.327 e. The average Bonchev–Trinajstić information content (AvgIpc) is 3.22. The number of imidazole rings is 1. The minimum absolute atomic E-state index is 0.646. The number of aromatic nitrogens is 2. The summed E-state index contributed by atoms with van der Waals surface area (Å²) >= 11 is 0. The van der Waals surface area contributed by atoms with Crippen molar-refractivity contribution in [1.82, 2.24) is 14.9 Å². The summed E-state index contributed by atoms with van der Waals surface area (Å²) in [5.74, 6) is 2.15. The van der Waals surface area contributed by atoms with Crippen LogP contribution >= 0.6 is 0 Å². The van der Waals surface area contributed by atoms with Crippen molar-refractivity contribution in [2.24, 2.45) is 5.92 Å². The summed E-state index contributed by atoms with van der Waals surface area (Å²) in [4.78, 5) is 4.79. The van der Waals surface area contributed by atoms with Gasteiger partial charge in [-0.2, -0.15) is 0 Å². The summed E-state index contributed by atoms with van der Waals surface area (Å²) in [5.41, 5.74) is 2.36. The first-order chi connectivity index (χ1) is 9.81. The number of hydrogen-bond donors (Lipinski definition) is 1. The van der Waals surface area contributed by atoms with Gasteiger partial charge in [-0.15, -0.1) is 0 Å². The maximum atomic E-state index is 4.79. The van der Waals surface area contributed by atoms with E-state index in [4.69, 9.17) is 4.98 Å². The SMILES string of the molecule is CCC(CC1CC1)NCc1nc2ccccc2n1CC. The van der Waals surface area contributed by atoms with Crippen molar-refractivity contribution < 1.29 is 0 Å². The standard InChI is InChI=1S/C17H25N3/c1-3-14(11-13-9-10-13)18-12-17-19-15-7-5-6-8-16(15)20(17)4-2/h5-8,13-14,18H,3-4,9-12H2,1-2H3. The van der Waals surface area contributed by atoms with Gasteiger partial charge in [0.05, 0.1) is 17.6 Å². The molecule has 1 saturated carbocycles. The molecule has 1 N–H and O–H groups in total. The molecule has 1 heterocycles. The second-order valence-corrected chi connectivity index (χ2v) is 5.93. The number of nitrogens with one attached hydrogen (secondary N) is 1. The van der Waals surface area contributed by atoms with E-state index >= 15 is 0 Å². The van der Waals surface area contributed by atoms with Crippen LogP contribution in [0.5, 0.6) is 0 Å². The molecule has 1 unspecified atom stereocenters. The highest BCUT2D eigenvalue weighted by Crippen LogP contribution is 2.34. The number of aryl methyl sites for hydroxylation is 1. The van der Waals surface area contributed by atoms with Crippen molar-refractivity contribution in [3.05, 3.63) is 30.1 Å². The summed E-state index contributed by atoms with van der Waals surface area (Å²) in [6.45, 7) is 6.34. The summed E-state index contributed by atoms with van der Waals surface area (Å²) in [6, 6.07) is 9.07. The molecule has 1 aromatic heterocycles. The molecule has 1 atom stereocenters. The molecule has 0 spiro atoms. The Kier molecular flexibility index (Phi) is 4.06. The van der Waals surface area contributed by atoms with Crippen LogP contribution in [0, 0.1) is 5.92 Å². The molecule has 3 nitrogen and oxygen atoms in total. The molecule has 2 aromatic rings. The molecule has 20 heavy (non-hydrogen) atoms. The highest BCUT2D eigenvalue weighted by atomic mass is 15.1. The lowest BCUT2D eigenvalue weighted by Crippen LogP contribution is -2.29. The minimum atomic E-state index is 0.646. The second kappa shape index (κ2) is 5.96. The lowest BCUT2D eigenvalue weighted by atomic mass is 10.1. The molecule has 0 amide bonds. The molecule has 3 heteroatoms. The van der Waals surface area contributed by atoms with E-state index in [2.05, 4.69) is 48.0 Å². The van der Waals surface area contributed by atoms with E-state index < -0.39 is 0 Å². The van der Waals surface area contributed by atoms with Gasteiger partial charge in [0, 0.05) is 12.6 Å². The van der Waals surface area contributed by atoms with Crippen molar-refractivity contribution in [2.45, 2.75) is 58.7 Å². The smallest absolute Gasteiger partial charge is 0.123 e. The van der Waals surface area contributed by atoms with Crippen LogP contribution in [0.4, 0.5) is 0 Å². The maximum Gasteiger partial charge on any atom is 0.123 e.